The van der Waals surface area contributed by atoms with Crippen molar-refractivity contribution in [1.82, 2.24) is 0 Å². The second-order valence-corrected chi connectivity index (χ2v) is 4.24. The van der Waals surface area contributed by atoms with Gasteiger partial charge in [-0.3, -0.25) is 0 Å². The first-order chi connectivity index (χ1) is 5.72. The Kier molecular flexibility index (Phi) is 3.69. The zero-order valence-corrected chi connectivity index (χ0v) is 8.23. The van der Waals surface area contributed by atoms with Gasteiger partial charge in [-0.25, -0.2) is 0 Å². The highest BCUT2D eigenvalue weighted by molar-refractivity contribution is 7.99. The first-order valence-corrected chi connectivity index (χ1v) is 5.05. The molecule has 1 N–H and O–H groups in total. The third-order valence-electron chi connectivity index (χ3n) is 1.56. The van der Waals surface area contributed by atoms with E-state index in [-0.39, 0.29) is 11.9 Å². The van der Waals surface area contributed by atoms with Crippen molar-refractivity contribution in [2.75, 3.05) is 6.61 Å². The Balaban J connectivity index is 2.33. The molecule has 68 valence electrons. The van der Waals surface area contributed by atoms with Crippen LogP contribution in [0.2, 0.25) is 0 Å². The molecule has 1 aromatic heterocycles. The van der Waals surface area contributed by atoms with Crippen molar-refractivity contribution in [2.45, 2.75) is 24.9 Å². The van der Waals surface area contributed by atoms with Crippen molar-refractivity contribution in [3.63, 3.8) is 0 Å². The van der Waals surface area contributed by atoms with E-state index in [1.54, 1.807) is 11.8 Å². The Morgan fingerprint density at radius 2 is 2.33 bits per heavy atom. The van der Waals surface area contributed by atoms with Crippen LogP contribution in [-0.2, 0) is 5.75 Å². The Labute approximate surface area is 77.0 Å². The molecule has 2 nitrogen and oxygen atoms in total. The average Bonchev–Trinajstić information content (AvgIpc) is 2.47. The number of aryl methyl sites for hydroxylation is 1. The molecule has 1 heterocycles. The predicted molar refractivity (Wildman–Crippen MR) is 51.3 cm³/mol. The van der Waals surface area contributed by atoms with E-state index < -0.39 is 0 Å². The van der Waals surface area contributed by atoms with Crippen LogP contribution in [-0.4, -0.2) is 17.0 Å². The summed E-state index contributed by atoms with van der Waals surface area (Å²) in [5, 5.41) is 9.05. The normalized spacial score (nSPS) is 13.2. The molecular weight excluding hydrogens is 172 g/mol. The quantitative estimate of drug-likeness (QED) is 0.782. The topological polar surface area (TPSA) is 33.4 Å². The molecule has 0 aliphatic heterocycles. The molecule has 3 heteroatoms. The Bertz CT molecular complexity index is 232. The average molecular weight is 186 g/mol. The number of aliphatic hydroxyl groups is 1. The molecule has 1 rings (SSSR count). The molecule has 0 aromatic carbocycles. The second kappa shape index (κ2) is 4.58. The summed E-state index contributed by atoms with van der Waals surface area (Å²) < 4.78 is 5.38. The Hall–Kier alpha value is -0.410. The summed E-state index contributed by atoms with van der Waals surface area (Å²) in [5.74, 6) is 2.77. The van der Waals surface area contributed by atoms with E-state index >= 15 is 0 Å². The van der Waals surface area contributed by atoms with Gasteiger partial charge in [0.25, 0.3) is 0 Å². The highest BCUT2D eigenvalue weighted by Crippen LogP contribution is 2.18. The summed E-state index contributed by atoms with van der Waals surface area (Å²) in [6.45, 7) is 4.16. The monoisotopic (exact) mass is 186 g/mol. The van der Waals surface area contributed by atoms with Gasteiger partial charge in [0, 0.05) is 5.25 Å². The maximum atomic E-state index is 8.77. The fourth-order valence-electron chi connectivity index (χ4n) is 0.840. The molecule has 0 radical (unpaired) electrons. The van der Waals surface area contributed by atoms with Gasteiger partial charge in [-0.15, -0.1) is 11.8 Å². The summed E-state index contributed by atoms with van der Waals surface area (Å²) in [6.07, 6.45) is 0. The fourth-order valence-corrected chi connectivity index (χ4v) is 1.55. The molecular formula is C9H14O2S. The Morgan fingerprint density at radius 3 is 2.83 bits per heavy atom. The maximum Gasteiger partial charge on any atom is 0.114 e. The van der Waals surface area contributed by atoms with Crippen molar-refractivity contribution < 1.29 is 9.52 Å². The number of hydrogen-bond donors (Lipinski definition) is 1. The third-order valence-corrected chi connectivity index (χ3v) is 2.73. The molecule has 0 saturated heterocycles. The van der Waals surface area contributed by atoms with E-state index in [4.69, 9.17) is 9.52 Å². The smallest absolute Gasteiger partial charge is 0.114 e. The van der Waals surface area contributed by atoms with Crippen LogP contribution in [0.15, 0.2) is 16.5 Å². The highest BCUT2D eigenvalue weighted by Gasteiger charge is 2.03. The van der Waals surface area contributed by atoms with Gasteiger partial charge >= 0.3 is 0 Å². The third kappa shape index (κ3) is 2.91. The van der Waals surface area contributed by atoms with Crippen LogP contribution < -0.4 is 0 Å². The van der Waals surface area contributed by atoms with E-state index in [2.05, 4.69) is 0 Å². The van der Waals surface area contributed by atoms with Gasteiger partial charge < -0.3 is 9.52 Å². The maximum absolute atomic E-state index is 8.77. The highest BCUT2D eigenvalue weighted by atomic mass is 32.2. The van der Waals surface area contributed by atoms with Crippen LogP contribution in [0.5, 0.6) is 0 Å². The number of aliphatic hydroxyl groups excluding tert-OH is 1. The minimum atomic E-state index is 0.227. The van der Waals surface area contributed by atoms with Crippen LogP contribution in [0, 0.1) is 6.92 Å². The summed E-state index contributed by atoms with van der Waals surface area (Å²) >= 11 is 1.70. The zero-order valence-electron chi connectivity index (χ0n) is 7.41. The number of furan rings is 1. The number of rotatable bonds is 4. The van der Waals surface area contributed by atoms with E-state index in [0.717, 1.165) is 17.3 Å². The van der Waals surface area contributed by atoms with Gasteiger partial charge in [0.2, 0.25) is 0 Å². The predicted octanol–water partition coefficient (Wildman–Crippen LogP) is 2.20. The van der Waals surface area contributed by atoms with Gasteiger partial charge in [0.1, 0.15) is 11.5 Å². The SMILES string of the molecule is Cc1ccc(CSC(C)CO)o1. The lowest BCUT2D eigenvalue weighted by Gasteiger charge is -2.04. The van der Waals surface area contributed by atoms with Gasteiger partial charge in [-0.2, -0.15) is 0 Å². The van der Waals surface area contributed by atoms with Crippen LogP contribution in [0.1, 0.15) is 18.4 Å². The standard InChI is InChI=1S/C9H14O2S/c1-7-3-4-9(11-7)6-12-8(2)5-10/h3-4,8,10H,5-6H2,1-2H3. The molecule has 1 atom stereocenters. The lowest BCUT2D eigenvalue weighted by atomic mass is 10.5. The van der Waals surface area contributed by atoms with E-state index in [9.17, 15) is 0 Å². The first kappa shape index (κ1) is 9.68. The molecule has 0 fully saturated rings. The summed E-state index contributed by atoms with van der Waals surface area (Å²) in [6, 6.07) is 3.94. The molecule has 0 spiro atoms. The summed E-state index contributed by atoms with van der Waals surface area (Å²) in [4.78, 5) is 0. The van der Waals surface area contributed by atoms with Crippen molar-refractivity contribution >= 4 is 11.8 Å². The molecule has 12 heavy (non-hydrogen) atoms. The van der Waals surface area contributed by atoms with Gasteiger partial charge in [0.15, 0.2) is 0 Å². The van der Waals surface area contributed by atoms with Gasteiger partial charge in [-0.05, 0) is 19.1 Å². The number of hydrogen-bond acceptors (Lipinski definition) is 3. The minimum Gasteiger partial charge on any atom is -0.466 e. The van der Waals surface area contributed by atoms with Crippen molar-refractivity contribution in [3.05, 3.63) is 23.7 Å². The fraction of sp³-hybridized carbons (Fsp3) is 0.556. The molecule has 0 amide bonds. The molecule has 1 aromatic rings. The van der Waals surface area contributed by atoms with Gasteiger partial charge in [-0.1, -0.05) is 6.92 Å². The molecule has 0 bridgehead atoms. The lowest BCUT2D eigenvalue weighted by molar-refractivity contribution is 0.300. The van der Waals surface area contributed by atoms with E-state index in [1.807, 2.05) is 26.0 Å². The van der Waals surface area contributed by atoms with Gasteiger partial charge in [0.05, 0.1) is 12.4 Å². The zero-order chi connectivity index (χ0) is 8.97. The summed E-state index contributed by atoms with van der Waals surface area (Å²) in [7, 11) is 0. The van der Waals surface area contributed by atoms with Crippen LogP contribution >= 0.6 is 11.8 Å². The second-order valence-electron chi connectivity index (χ2n) is 2.82. The lowest BCUT2D eigenvalue weighted by Crippen LogP contribution is -2.01. The van der Waals surface area contributed by atoms with E-state index in [0.29, 0.717) is 0 Å². The largest absolute Gasteiger partial charge is 0.466 e. The van der Waals surface area contributed by atoms with Crippen LogP contribution in [0.4, 0.5) is 0 Å². The summed E-state index contributed by atoms with van der Waals surface area (Å²) in [5.41, 5.74) is 0. The van der Waals surface area contributed by atoms with Crippen LogP contribution in [0.25, 0.3) is 0 Å². The van der Waals surface area contributed by atoms with Crippen molar-refractivity contribution in [2.24, 2.45) is 0 Å². The Morgan fingerprint density at radius 1 is 1.58 bits per heavy atom. The van der Waals surface area contributed by atoms with Crippen LogP contribution in [0.3, 0.4) is 0 Å². The van der Waals surface area contributed by atoms with Crippen molar-refractivity contribution in [1.29, 1.82) is 0 Å². The number of thioether (sulfide) groups is 1. The van der Waals surface area contributed by atoms with E-state index in [1.165, 1.54) is 0 Å². The van der Waals surface area contributed by atoms with Crippen molar-refractivity contribution in [3.8, 4) is 0 Å². The molecule has 0 saturated carbocycles. The first-order valence-electron chi connectivity index (χ1n) is 4.00. The minimum absolute atomic E-state index is 0.227. The molecule has 0 aliphatic rings. The molecule has 0 aliphatic carbocycles. The molecule has 1 unspecified atom stereocenters.